The molecule has 116 valence electrons. The van der Waals surface area contributed by atoms with Crippen molar-refractivity contribution in [2.24, 2.45) is 5.92 Å². The quantitative estimate of drug-likeness (QED) is 0.925. The Kier molecular flexibility index (Phi) is 3.01. The predicted molar refractivity (Wildman–Crippen MR) is 83.6 cm³/mol. The maximum Gasteiger partial charge on any atom is 0.307 e. The lowest BCUT2D eigenvalue weighted by Crippen LogP contribution is -2.69. The molecule has 1 N–H and O–H groups in total. The molecule has 1 aromatic heterocycles. The number of nitrogens with one attached hydrogen (secondary N) is 1. The highest BCUT2D eigenvalue weighted by atomic mass is 16.4. The molecule has 5 heteroatoms. The average molecular weight is 299 g/mol. The number of carbonyl (C=O) groups is 1. The summed E-state index contributed by atoms with van der Waals surface area (Å²) in [5, 5.41) is 3.18. The van der Waals surface area contributed by atoms with Gasteiger partial charge in [-0.15, -0.1) is 0 Å². The Balaban J connectivity index is 1.58. The van der Waals surface area contributed by atoms with E-state index in [4.69, 9.17) is 4.42 Å². The molecule has 0 spiro atoms. The largest absolute Gasteiger partial charge is 0.432 e. The summed E-state index contributed by atoms with van der Waals surface area (Å²) in [6, 6.07) is 7.61. The zero-order valence-corrected chi connectivity index (χ0v) is 13.0. The van der Waals surface area contributed by atoms with Crippen LogP contribution in [0.25, 0.3) is 11.1 Å². The summed E-state index contributed by atoms with van der Waals surface area (Å²) >= 11 is 0. The molecular formula is C17H21N3O2. The number of hydrogen-bond acceptors (Lipinski definition) is 4. The normalized spacial score (nSPS) is 29.6. The first-order valence-corrected chi connectivity index (χ1v) is 7.97. The number of nitrogens with zero attached hydrogens (tertiary/aromatic N) is 2. The summed E-state index contributed by atoms with van der Waals surface area (Å²) < 4.78 is 5.58. The number of piperidine rings is 3. The molecule has 4 heterocycles. The second-order valence-electron chi connectivity index (χ2n) is 6.92. The first kappa shape index (κ1) is 13.8. The minimum absolute atomic E-state index is 0.0111. The van der Waals surface area contributed by atoms with Crippen molar-refractivity contribution in [3.8, 4) is 0 Å². The van der Waals surface area contributed by atoms with Crippen LogP contribution in [0.2, 0.25) is 0 Å². The molecular weight excluding hydrogens is 278 g/mol. The topological polar surface area (TPSA) is 58.4 Å². The molecule has 3 aliphatic heterocycles. The number of fused-ring (bicyclic) bond motifs is 4. The summed E-state index contributed by atoms with van der Waals surface area (Å²) in [7, 11) is 0. The van der Waals surface area contributed by atoms with Crippen LogP contribution in [0.4, 0.5) is 0 Å². The van der Waals surface area contributed by atoms with Crippen molar-refractivity contribution in [2.45, 2.75) is 38.3 Å². The first-order valence-electron chi connectivity index (χ1n) is 7.97. The number of aromatic nitrogens is 1. The number of rotatable bonds is 2. The number of para-hydroxylation sites is 2. The van der Waals surface area contributed by atoms with E-state index in [2.05, 4.69) is 29.0 Å². The fourth-order valence-corrected chi connectivity index (χ4v) is 4.05. The molecule has 0 aliphatic carbocycles. The van der Waals surface area contributed by atoms with Crippen molar-refractivity contribution < 1.29 is 9.21 Å². The van der Waals surface area contributed by atoms with Gasteiger partial charge in [0, 0.05) is 5.54 Å². The van der Waals surface area contributed by atoms with E-state index in [1.54, 1.807) is 0 Å². The van der Waals surface area contributed by atoms with Gasteiger partial charge < -0.3 is 9.73 Å². The van der Waals surface area contributed by atoms with Crippen LogP contribution in [0.1, 0.15) is 37.4 Å². The monoisotopic (exact) mass is 299 g/mol. The Morgan fingerprint density at radius 1 is 1.32 bits per heavy atom. The van der Waals surface area contributed by atoms with Crippen LogP contribution in [0, 0.1) is 5.92 Å². The van der Waals surface area contributed by atoms with Crippen LogP contribution >= 0.6 is 0 Å². The Labute approximate surface area is 129 Å². The molecule has 2 bridgehead atoms. The zero-order chi connectivity index (χ0) is 15.3. The lowest BCUT2D eigenvalue weighted by Gasteiger charge is -2.56. The fourth-order valence-electron chi connectivity index (χ4n) is 4.05. The van der Waals surface area contributed by atoms with E-state index in [9.17, 15) is 4.79 Å². The maximum absolute atomic E-state index is 12.6. The van der Waals surface area contributed by atoms with Gasteiger partial charge in [0.2, 0.25) is 0 Å². The highest BCUT2D eigenvalue weighted by Crippen LogP contribution is 2.39. The summed E-state index contributed by atoms with van der Waals surface area (Å²) in [4.78, 5) is 19.3. The molecule has 0 unspecified atom stereocenters. The molecule has 5 rings (SSSR count). The van der Waals surface area contributed by atoms with Crippen molar-refractivity contribution >= 4 is 17.0 Å². The van der Waals surface area contributed by atoms with Crippen molar-refractivity contribution in [3.05, 3.63) is 30.2 Å². The summed E-state index contributed by atoms with van der Waals surface area (Å²) in [6.07, 6.45) is 2.31. The molecule has 3 saturated heterocycles. The number of oxazole rings is 1. The number of amides is 1. The lowest BCUT2D eigenvalue weighted by molar-refractivity contribution is -0.0381. The van der Waals surface area contributed by atoms with Crippen LogP contribution in [0.5, 0.6) is 0 Å². The number of benzene rings is 1. The molecule has 3 fully saturated rings. The molecule has 22 heavy (non-hydrogen) atoms. The van der Waals surface area contributed by atoms with Crippen molar-refractivity contribution in [3.63, 3.8) is 0 Å². The smallest absolute Gasteiger partial charge is 0.307 e. The Bertz CT molecular complexity index is 681. The molecule has 0 radical (unpaired) electrons. The number of carbonyl (C=O) groups excluding carboxylic acids is 1. The third-order valence-corrected chi connectivity index (χ3v) is 5.36. The number of hydrogen-bond donors (Lipinski definition) is 1. The molecule has 2 aromatic rings. The van der Waals surface area contributed by atoms with Gasteiger partial charge in [0.15, 0.2) is 5.58 Å². The Morgan fingerprint density at radius 3 is 2.73 bits per heavy atom. The van der Waals surface area contributed by atoms with Gasteiger partial charge in [0.25, 0.3) is 5.89 Å². The van der Waals surface area contributed by atoms with Gasteiger partial charge in [-0.3, -0.25) is 9.69 Å². The van der Waals surface area contributed by atoms with E-state index < -0.39 is 0 Å². The molecule has 1 atom stereocenters. The van der Waals surface area contributed by atoms with Crippen LogP contribution < -0.4 is 5.32 Å². The van der Waals surface area contributed by atoms with E-state index in [-0.39, 0.29) is 23.4 Å². The standard InChI is InChI=1S/C17H21N3O2/c1-17(2)14(11-7-9-20(17)10-8-11)19-15(21)16-18-12-5-3-4-6-13(12)22-16/h3-6,11,14H,7-10H2,1-2H3,(H,19,21)/t14-/m1/s1. The second kappa shape index (κ2) is 4.81. The molecule has 5 nitrogen and oxygen atoms in total. The van der Waals surface area contributed by atoms with Crippen molar-refractivity contribution in [2.75, 3.05) is 13.1 Å². The van der Waals surface area contributed by atoms with Crippen molar-refractivity contribution in [1.29, 1.82) is 0 Å². The third-order valence-electron chi connectivity index (χ3n) is 5.36. The van der Waals surface area contributed by atoms with Crippen molar-refractivity contribution in [1.82, 2.24) is 15.2 Å². The van der Waals surface area contributed by atoms with Gasteiger partial charge in [-0.05, 0) is 57.8 Å². The minimum Gasteiger partial charge on any atom is -0.432 e. The van der Waals surface area contributed by atoms with Crippen LogP contribution in [-0.4, -0.2) is 40.5 Å². The Morgan fingerprint density at radius 2 is 2.05 bits per heavy atom. The average Bonchev–Trinajstić information content (AvgIpc) is 2.95. The highest BCUT2D eigenvalue weighted by Gasteiger charge is 2.48. The van der Waals surface area contributed by atoms with Crippen LogP contribution in [0.15, 0.2) is 28.7 Å². The lowest BCUT2D eigenvalue weighted by atomic mass is 9.72. The first-order chi connectivity index (χ1) is 10.6. The maximum atomic E-state index is 12.6. The molecule has 3 aliphatic rings. The van der Waals surface area contributed by atoms with E-state index in [1.165, 1.54) is 0 Å². The second-order valence-corrected chi connectivity index (χ2v) is 6.92. The van der Waals surface area contributed by atoms with Gasteiger partial charge in [0.1, 0.15) is 5.52 Å². The Hall–Kier alpha value is -1.88. The molecule has 0 saturated carbocycles. The van der Waals surface area contributed by atoms with E-state index in [0.717, 1.165) is 31.4 Å². The fraction of sp³-hybridized carbons (Fsp3) is 0.529. The van der Waals surface area contributed by atoms with E-state index in [1.807, 2.05) is 24.3 Å². The third kappa shape index (κ3) is 2.03. The predicted octanol–water partition coefficient (Wildman–Crippen LogP) is 2.43. The van der Waals surface area contributed by atoms with Crippen LogP contribution in [0.3, 0.4) is 0 Å². The van der Waals surface area contributed by atoms with Gasteiger partial charge in [-0.1, -0.05) is 12.1 Å². The van der Waals surface area contributed by atoms with E-state index >= 15 is 0 Å². The highest BCUT2D eigenvalue weighted by molar-refractivity contribution is 5.92. The minimum atomic E-state index is -0.206. The van der Waals surface area contributed by atoms with Gasteiger partial charge in [0.05, 0.1) is 6.04 Å². The zero-order valence-electron chi connectivity index (χ0n) is 13.0. The summed E-state index contributed by atoms with van der Waals surface area (Å²) in [5.74, 6) is 0.504. The SMILES string of the molecule is CC1(C)[C@H](NC(=O)c2nc3ccccc3o2)C2CCN1CC2. The van der Waals surface area contributed by atoms with Gasteiger partial charge >= 0.3 is 5.91 Å². The van der Waals surface area contributed by atoms with E-state index in [0.29, 0.717) is 11.5 Å². The van der Waals surface area contributed by atoms with Crippen LogP contribution in [-0.2, 0) is 0 Å². The molecule has 1 aromatic carbocycles. The summed E-state index contributed by atoms with van der Waals surface area (Å²) in [6.45, 7) is 6.70. The van der Waals surface area contributed by atoms with Gasteiger partial charge in [-0.2, -0.15) is 0 Å². The molecule has 1 amide bonds. The van der Waals surface area contributed by atoms with Gasteiger partial charge in [-0.25, -0.2) is 4.98 Å². The summed E-state index contributed by atoms with van der Waals surface area (Å²) in [5.41, 5.74) is 1.37.